The van der Waals surface area contributed by atoms with Gasteiger partial charge in [0.25, 0.3) is 5.91 Å². The second-order valence-corrected chi connectivity index (χ2v) is 9.33. The summed E-state index contributed by atoms with van der Waals surface area (Å²) >= 11 is 3.97. The van der Waals surface area contributed by atoms with E-state index in [-0.39, 0.29) is 5.91 Å². The number of hydrogen-bond acceptors (Lipinski definition) is 4. The lowest BCUT2D eigenvalue weighted by Gasteiger charge is -2.20. The Kier molecular flexibility index (Phi) is 7.68. The summed E-state index contributed by atoms with van der Waals surface area (Å²) < 4.78 is 0.522. The third-order valence-electron chi connectivity index (χ3n) is 4.91. The number of carbonyl (C=O) groups is 1. The van der Waals surface area contributed by atoms with E-state index >= 15 is 0 Å². The molecule has 5 heteroatoms. The first-order valence-corrected chi connectivity index (χ1v) is 11.7. The second kappa shape index (κ2) is 10.2. The van der Waals surface area contributed by atoms with E-state index in [9.17, 15) is 4.79 Å². The van der Waals surface area contributed by atoms with Crippen molar-refractivity contribution >= 4 is 29.4 Å². The molecule has 3 rings (SSSR count). The standard InChI is InChI=1S/C22H28N2OS2/c1-3-24(4-2)16-20-8-6-5-7-19(20)15-23-21(25)17-9-11-18(12-10-17)22-26-13-14-27-22/h5-12,22H,3-4,13-16H2,1-2H3,(H,23,25). The molecule has 1 saturated heterocycles. The third-order valence-corrected chi connectivity index (χ3v) is 8.02. The van der Waals surface area contributed by atoms with E-state index in [4.69, 9.17) is 0 Å². The number of thioether (sulfide) groups is 2. The van der Waals surface area contributed by atoms with E-state index < -0.39 is 0 Å². The van der Waals surface area contributed by atoms with Crippen molar-refractivity contribution in [2.45, 2.75) is 31.5 Å². The van der Waals surface area contributed by atoms with Crippen LogP contribution in [0.25, 0.3) is 0 Å². The molecule has 1 N–H and O–H groups in total. The molecule has 0 saturated carbocycles. The second-order valence-electron chi connectivity index (χ2n) is 6.61. The summed E-state index contributed by atoms with van der Waals surface area (Å²) in [5, 5.41) is 3.09. The number of benzene rings is 2. The quantitative estimate of drug-likeness (QED) is 0.680. The van der Waals surface area contributed by atoms with Crippen LogP contribution < -0.4 is 5.32 Å². The van der Waals surface area contributed by atoms with Crippen molar-refractivity contribution in [1.29, 1.82) is 0 Å². The predicted octanol–water partition coefficient (Wildman–Crippen LogP) is 4.94. The van der Waals surface area contributed by atoms with Gasteiger partial charge in [0.05, 0.1) is 4.58 Å². The Bertz CT molecular complexity index is 738. The Morgan fingerprint density at radius 2 is 1.63 bits per heavy atom. The molecule has 1 amide bonds. The maximum atomic E-state index is 12.6. The van der Waals surface area contributed by atoms with E-state index in [0.29, 0.717) is 11.1 Å². The first kappa shape index (κ1) is 20.3. The van der Waals surface area contributed by atoms with Crippen LogP contribution in [-0.2, 0) is 13.1 Å². The molecule has 1 fully saturated rings. The molecule has 1 heterocycles. The molecule has 1 aliphatic heterocycles. The van der Waals surface area contributed by atoms with E-state index in [1.807, 2.05) is 41.7 Å². The number of amides is 1. The fourth-order valence-corrected chi connectivity index (χ4v) is 6.05. The van der Waals surface area contributed by atoms with Crippen molar-refractivity contribution in [3.63, 3.8) is 0 Å². The molecule has 144 valence electrons. The van der Waals surface area contributed by atoms with Crippen molar-refractivity contribution in [3.05, 3.63) is 70.8 Å². The van der Waals surface area contributed by atoms with Gasteiger partial charge in [0.2, 0.25) is 0 Å². The predicted molar refractivity (Wildman–Crippen MR) is 118 cm³/mol. The van der Waals surface area contributed by atoms with Gasteiger partial charge in [-0.2, -0.15) is 0 Å². The highest BCUT2D eigenvalue weighted by molar-refractivity contribution is 8.19. The summed E-state index contributed by atoms with van der Waals surface area (Å²) in [4.78, 5) is 15.0. The van der Waals surface area contributed by atoms with Crippen molar-refractivity contribution in [3.8, 4) is 0 Å². The van der Waals surface area contributed by atoms with Crippen LogP contribution in [0.15, 0.2) is 48.5 Å². The molecule has 27 heavy (non-hydrogen) atoms. The summed E-state index contributed by atoms with van der Waals surface area (Å²) in [6, 6.07) is 16.5. The van der Waals surface area contributed by atoms with E-state index in [1.165, 1.54) is 28.2 Å². The first-order valence-electron chi connectivity index (χ1n) is 9.61. The van der Waals surface area contributed by atoms with Crippen LogP contribution in [0.4, 0.5) is 0 Å². The zero-order valence-electron chi connectivity index (χ0n) is 16.1. The van der Waals surface area contributed by atoms with Crippen molar-refractivity contribution in [2.75, 3.05) is 24.6 Å². The largest absolute Gasteiger partial charge is 0.348 e. The SMILES string of the molecule is CCN(CC)Cc1ccccc1CNC(=O)c1ccc(C2SCCS2)cc1. The van der Waals surface area contributed by atoms with Crippen molar-refractivity contribution in [2.24, 2.45) is 0 Å². The molecule has 0 atom stereocenters. The summed E-state index contributed by atoms with van der Waals surface area (Å²) in [5.74, 6) is 2.42. The number of nitrogens with one attached hydrogen (secondary N) is 1. The summed E-state index contributed by atoms with van der Waals surface area (Å²) in [7, 11) is 0. The van der Waals surface area contributed by atoms with Gasteiger partial charge in [-0.15, -0.1) is 23.5 Å². The minimum Gasteiger partial charge on any atom is -0.348 e. The van der Waals surface area contributed by atoms with Crippen LogP contribution >= 0.6 is 23.5 Å². The smallest absolute Gasteiger partial charge is 0.251 e. The molecule has 0 radical (unpaired) electrons. The molecule has 0 unspecified atom stereocenters. The zero-order chi connectivity index (χ0) is 19.1. The van der Waals surface area contributed by atoms with Gasteiger partial charge >= 0.3 is 0 Å². The van der Waals surface area contributed by atoms with E-state index in [0.717, 1.165) is 25.2 Å². The Balaban J connectivity index is 1.60. The minimum atomic E-state index is -0.00841. The van der Waals surface area contributed by atoms with Gasteiger partial charge < -0.3 is 5.32 Å². The van der Waals surface area contributed by atoms with E-state index in [2.05, 4.69) is 54.4 Å². The lowest BCUT2D eigenvalue weighted by Crippen LogP contribution is -2.26. The first-order chi connectivity index (χ1) is 13.2. The maximum absolute atomic E-state index is 12.6. The molecule has 0 bridgehead atoms. The fourth-order valence-electron chi connectivity index (χ4n) is 3.19. The molecular formula is C22H28N2OS2. The lowest BCUT2D eigenvalue weighted by molar-refractivity contribution is 0.0950. The molecule has 2 aromatic carbocycles. The Labute approximate surface area is 171 Å². The molecule has 2 aromatic rings. The number of rotatable bonds is 8. The fraction of sp³-hybridized carbons (Fsp3) is 0.409. The van der Waals surface area contributed by atoms with E-state index in [1.54, 1.807) is 0 Å². The normalized spacial score (nSPS) is 14.6. The van der Waals surface area contributed by atoms with Crippen LogP contribution in [0.3, 0.4) is 0 Å². The number of nitrogens with zero attached hydrogens (tertiary/aromatic N) is 1. The van der Waals surface area contributed by atoms with Gasteiger partial charge in [-0.05, 0) is 41.9 Å². The Morgan fingerprint density at radius 3 is 2.26 bits per heavy atom. The molecule has 1 aliphatic rings. The Hall–Kier alpha value is -1.43. The van der Waals surface area contributed by atoms with Gasteiger partial charge in [0.1, 0.15) is 0 Å². The molecular weight excluding hydrogens is 372 g/mol. The highest BCUT2D eigenvalue weighted by Gasteiger charge is 2.18. The average Bonchev–Trinajstić information content (AvgIpc) is 3.26. The highest BCUT2D eigenvalue weighted by Crippen LogP contribution is 2.45. The van der Waals surface area contributed by atoms with Gasteiger partial charge in [0.15, 0.2) is 0 Å². The summed E-state index contributed by atoms with van der Waals surface area (Å²) in [6.07, 6.45) is 0. The van der Waals surface area contributed by atoms with Crippen molar-refractivity contribution in [1.82, 2.24) is 10.2 Å². The topological polar surface area (TPSA) is 32.3 Å². The monoisotopic (exact) mass is 400 g/mol. The zero-order valence-corrected chi connectivity index (χ0v) is 17.7. The van der Waals surface area contributed by atoms with Crippen LogP contribution in [0.2, 0.25) is 0 Å². The lowest BCUT2D eigenvalue weighted by atomic mass is 10.1. The Morgan fingerprint density at radius 1 is 1.00 bits per heavy atom. The van der Waals surface area contributed by atoms with Crippen LogP contribution in [0, 0.1) is 0 Å². The van der Waals surface area contributed by atoms with Gasteiger partial charge in [-0.25, -0.2) is 0 Å². The van der Waals surface area contributed by atoms with Crippen LogP contribution in [-0.4, -0.2) is 35.4 Å². The molecule has 0 aromatic heterocycles. The molecule has 0 aliphatic carbocycles. The van der Waals surface area contributed by atoms with Gasteiger partial charge in [0, 0.05) is 30.2 Å². The summed E-state index contributed by atoms with van der Waals surface area (Å²) in [5.41, 5.74) is 4.51. The summed E-state index contributed by atoms with van der Waals surface area (Å²) in [6.45, 7) is 7.90. The number of carbonyl (C=O) groups excluding carboxylic acids is 1. The van der Waals surface area contributed by atoms with Crippen LogP contribution in [0.5, 0.6) is 0 Å². The van der Waals surface area contributed by atoms with Crippen LogP contribution in [0.1, 0.15) is 45.5 Å². The highest BCUT2D eigenvalue weighted by atomic mass is 32.2. The average molecular weight is 401 g/mol. The van der Waals surface area contributed by atoms with Crippen molar-refractivity contribution < 1.29 is 4.79 Å². The van der Waals surface area contributed by atoms with Gasteiger partial charge in [-0.3, -0.25) is 9.69 Å². The number of hydrogen-bond donors (Lipinski definition) is 1. The molecule has 3 nitrogen and oxygen atoms in total. The molecule has 0 spiro atoms. The third kappa shape index (κ3) is 5.53. The minimum absolute atomic E-state index is 0.00841. The maximum Gasteiger partial charge on any atom is 0.251 e. The van der Waals surface area contributed by atoms with Gasteiger partial charge in [-0.1, -0.05) is 50.2 Å².